The number of benzene rings is 2. The minimum Gasteiger partial charge on any atom is -0.466 e. The van der Waals surface area contributed by atoms with Gasteiger partial charge in [0.1, 0.15) is 0 Å². The number of ether oxygens (including phenoxy) is 1. The van der Waals surface area contributed by atoms with Crippen LogP contribution in [0.3, 0.4) is 0 Å². The molecule has 1 heterocycles. The van der Waals surface area contributed by atoms with Crippen LogP contribution in [0.25, 0.3) is 0 Å². The first-order valence-corrected chi connectivity index (χ1v) is 12.9. The van der Waals surface area contributed by atoms with Gasteiger partial charge < -0.3 is 14.5 Å². The average molecular weight is 487 g/mol. The van der Waals surface area contributed by atoms with Gasteiger partial charge in [-0.25, -0.2) is 8.42 Å². The highest BCUT2D eigenvalue weighted by Gasteiger charge is 2.30. The lowest BCUT2D eigenvalue weighted by Gasteiger charge is -2.32. The van der Waals surface area contributed by atoms with E-state index in [4.69, 9.17) is 4.74 Å². The van der Waals surface area contributed by atoms with Crippen molar-refractivity contribution < 1.29 is 27.5 Å². The molecular formula is C25H30N2O6S. The monoisotopic (exact) mass is 486 g/mol. The van der Waals surface area contributed by atoms with Gasteiger partial charge in [-0.3, -0.25) is 14.4 Å². The smallest absolute Gasteiger partial charge is 0.310 e. The van der Waals surface area contributed by atoms with Crippen LogP contribution in [0.5, 0.6) is 0 Å². The second-order valence-corrected chi connectivity index (χ2v) is 10.4. The molecule has 2 aromatic rings. The van der Waals surface area contributed by atoms with Crippen molar-refractivity contribution in [1.82, 2.24) is 9.80 Å². The first-order valence-electron chi connectivity index (χ1n) is 11.3. The van der Waals surface area contributed by atoms with Gasteiger partial charge in [-0.1, -0.05) is 30.3 Å². The first kappa shape index (κ1) is 25.4. The first-order chi connectivity index (χ1) is 16.2. The van der Waals surface area contributed by atoms with Crippen LogP contribution >= 0.6 is 0 Å². The van der Waals surface area contributed by atoms with E-state index in [1.807, 2.05) is 0 Å². The Hall–Kier alpha value is -3.20. The van der Waals surface area contributed by atoms with Gasteiger partial charge in [0.05, 0.1) is 29.7 Å². The maximum Gasteiger partial charge on any atom is 0.310 e. The third kappa shape index (κ3) is 6.44. The van der Waals surface area contributed by atoms with Crippen LogP contribution in [-0.2, 0) is 29.9 Å². The number of carbonyl (C=O) groups excluding carboxylic acids is 3. The summed E-state index contributed by atoms with van der Waals surface area (Å²) in [5, 5.41) is 0. The van der Waals surface area contributed by atoms with Crippen LogP contribution < -0.4 is 0 Å². The molecule has 182 valence electrons. The molecule has 0 aliphatic carbocycles. The fourth-order valence-corrected chi connectivity index (χ4v) is 5.33. The fraction of sp³-hybridized carbons (Fsp3) is 0.400. The zero-order valence-electron chi connectivity index (χ0n) is 19.5. The molecule has 0 radical (unpaired) electrons. The molecule has 1 atom stereocenters. The van der Waals surface area contributed by atoms with Gasteiger partial charge in [-0.2, -0.15) is 0 Å². The molecule has 8 nitrogen and oxygen atoms in total. The number of rotatable bonds is 8. The van der Waals surface area contributed by atoms with Crippen LogP contribution in [0.4, 0.5) is 0 Å². The molecular weight excluding hydrogens is 456 g/mol. The predicted molar refractivity (Wildman–Crippen MR) is 127 cm³/mol. The lowest BCUT2D eigenvalue weighted by atomic mass is 9.98. The number of amides is 2. The van der Waals surface area contributed by atoms with Crippen molar-refractivity contribution in [3.63, 3.8) is 0 Å². The number of hydrogen-bond donors (Lipinski definition) is 0. The lowest BCUT2D eigenvalue weighted by Crippen LogP contribution is -2.47. The van der Waals surface area contributed by atoms with E-state index < -0.39 is 9.84 Å². The molecule has 1 fully saturated rings. The van der Waals surface area contributed by atoms with Crippen LogP contribution in [0.1, 0.15) is 35.7 Å². The van der Waals surface area contributed by atoms with E-state index in [0.29, 0.717) is 37.1 Å². The number of likely N-dealkylation sites (N-methyl/N-ethyl adjacent to an activating group) is 1. The summed E-state index contributed by atoms with van der Waals surface area (Å²) >= 11 is 0. The van der Waals surface area contributed by atoms with Crippen molar-refractivity contribution in [2.45, 2.75) is 30.4 Å². The Balaban J connectivity index is 1.63. The van der Waals surface area contributed by atoms with Crippen LogP contribution in [0.15, 0.2) is 59.5 Å². The normalized spacial score (nSPS) is 16.1. The minimum absolute atomic E-state index is 0.138. The molecule has 1 aliphatic heterocycles. The van der Waals surface area contributed by atoms with Crippen LogP contribution in [0.2, 0.25) is 0 Å². The Morgan fingerprint density at radius 2 is 1.82 bits per heavy atom. The summed E-state index contributed by atoms with van der Waals surface area (Å²) in [6.07, 6.45) is 1.38. The zero-order chi connectivity index (χ0) is 24.7. The molecule has 2 amide bonds. The van der Waals surface area contributed by atoms with E-state index in [9.17, 15) is 22.8 Å². The van der Waals surface area contributed by atoms with Gasteiger partial charge in [0, 0.05) is 25.7 Å². The molecule has 0 N–H and O–H groups in total. The highest BCUT2D eigenvalue weighted by molar-refractivity contribution is 7.90. The van der Waals surface area contributed by atoms with E-state index >= 15 is 0 Å². The van der Waals surface area contributed by atoms with E-state index in [1.165, 1.54) is 24.1 Å². The largest absolute Gasteiger partial charge is 0.466 e. The minimum atomic E-state index is -3.55. The Morgan fingerprint density at radius 1 is 1.09 bits per heavy atom. The molecule has 0 spiro atoms. The van der Waals surface area contributed by atoms with Crippen molar-refractivity contribution in [3.8, 4) is 0 Å². The Bertz CT molecular complexity index is 1130. The molecule has 0 aromatic heterocycles. The Morgan fingerprint density at radius 3 is 2.53 bits per heavy atom. The topological polar surface area (TPSA) is 101 Å². The van der Waals surface area contributed by atoms with Crippen molar-refractivity contribution >= 4 is 27.6 Å². The molecule has 3 rings (SSSR count). The molecule has 1 saturated heterocycles. The predicted octanol–water partition coefficient (Wildman–Crippen LogP) is 2.53. The van der Waals surface area contributed by atoms with E-state index in [1.54, 1.807) is 54.3 Å². The zero-order valence-corrected chi connectivity index (χ0v) is 20.3. The van der Waals surface area contributed by atoms with E-state index in [0.717, 1.165) is 0 Å². The maximum absolute atomic E-state index is 12.9. The van der Waals surface area contributed by atoms with Crippen molar-refractivity contribution in [2.75, 3.05) is 33.3 Å². The second kappa shape index (κ2) is 11.3. The Kier molecular flexibility index (Phi) is 8.44. The van der Waals surface area contributed by atoms with E-state index in [-0.39, 0.29) is 47.4 Å². The SMILES string of the molecule is CCOC(=O)C1CCCN(C(=O)CN(C)C(=O)c2cccc(CS(=O)(=O)c3ccccc3)c2)C1. The van der Waals surface area contributed by atoms with Gasteiger partial charge in [0.25, 0.3) is 5.91 Å². The van der Waals surface area contributed by atoms with Gasteiger partial charge >= 0.3 is 5.97 Å². The number of likely N-dealkylation sites (tertiary alicyclic amines) is 1. The number of hydrogen-bond acceptors (Lipinski definition) is 6. The van der Waals surface area contributed by atoms with Crippen LogP contribution in [0, 0.1) is 5.92 Å². The van der Waals surface area contributed by atoms with Crippen LogP contribution in [-0.4, -0.2) is 69.3 Å². The van der Waals surface area contributed by atoms with E-state index in [2.05, 4.69) is 0 Å². The van der Waals surface area contributed by atoms with Gasteiger partial charge in [-0.15, -0.1) is 0 Å². The highest BCUT2D eigenvalue weighted by Crippen LogP contribution is 2.20. The number of piperidine rings is 1. The summed E-state index contributed by atoms with van der Waals surface area (Å²) in [5.74, 6) is -1.50. The average Bonchev–Trinajstić information content (AvgIpc) is 2.84. The van der Waals surface area contributed by atoms with Gasteiger partial charge in [-0.05, 0) is 49.6 Å². The quantitative estimate of drug-likeness (QED) is 0.532. The summed E-state index contributed by atoms with van der Waals surface area (Å²) < 4.78 is 30.4. The van der Waals surface area contributed by atoms with Crippen molar-refractivity contribution in [3.05, 3.63) is 65.7 Å². The summed E-state index contributed by atoms with van der Waals surface area (Å²) in [7, 11) is -2.02. The summed E-state index contributed by atoms with van der Waals surface area (Å²) in [5.41, 5.74) is 0.793. The van der Waals surface area contributed by atoms with Gasteiger partial charge in [0.15, 0.2) is 9.84 Å². The fourth-order valence-electron chi connectivity index (χ4n) is 3.98. The number of esters is 1. The summed E-state index contributed by atoms with van der Waals surface area (Å²) in [4.78, 5) is 40.9. The highest BCUT2D eigenvalue weighted by atomic mass is 32.2. The molecule has 34 heavy (non-hydrogen) atoms. The summed E-state index contributed by atoms with van der Waals surface area (Å²) in [6, 6.07) is 14.6. The summed E-state index contributed by atoms with van der Waals surface area (Å²) in [6.45, 7) is 2.72. The third-order valence-corrected chi connectivity index (χ3v) is 7.45. The molecule has 0 saturated carbocycles. The second-order valence-electron chi connectivity index (χ2n) is 8.36. The standard InChI is InChI=1S/C25H30N2O6S/c1-3-33-25(30)21-11-8-14-27(16-21)23(28)17-26(2)24(29)20-10-7-9-19(15-20)18-34(31,32)22-12-5-4-6-13-22/h4-7,9-10,12-13,15,21H,3,8,11,14,16-18H2,1-2H3. The molecule has 9 heteroatoms. The molecule has 1 aliphatic rings. The lowest BCUT2D eigenvalue weighted by molar-refractivity contribution is -0.151. The van der Waals surface area contributed by atoms with Gasteiger partial charge in [0.2, 0.25) is 5.91 Å². The van der Waals surface area contributed by atoms with Crippen molar-refractivity contribution in [1.29, 1.82) is 0 Å². The maximum atomic E-state index is 12.9. The Labute approximate surface area is 200 Å². The third-order valence-electron chi connectivity index (χ3n) is 5.75. The number of carbonyl (C=O) groups is 3. The molecule has 0 bridgehead atoms. The number of sulfone groups is 1. The number of nitrogens with zero attached hydrogens (tertiary/aromatic N) is 2. The molecule has 1 unspecified atom stereocenters. The van der Waals surface area contributed by atoms with Crippen molar-refractivity contribution in [2.24, 2.45) is 5.92 Å². The molecule has 2 aromatic carbocycles.